The topological polar surface area (TPSA) is 51.2 Å². The van der Waals surface area contributed by atoms with Crippen LogP contribution in [0.2, 0.25) is 9.62 Å². The Hall–Kier alpha value is -0.520. The normalized spacial score (nSPS) is 11.3. The second-order valence-corrected chi connectivity index (χ2v) is 5.65. The van der Waals surface area contributed by atoms with Gasteiger partial charge < -0.3 is 4.74 Å². The number of hydrogen-bond acceptors (Lipinski definition) is 4. The zero-order valence-electron chi connectivity index (χ0n) is 8.43. The molecule has 4 nitrogen and oxygen atoms in total. The molecule has 84 valence electrons. The van der Waals surface area contributed by atoms with Crippen LogP contribution in [-0.4, -0.2) is 16.7 Å². The number of nitrogens with zero attached hydrogens (tertiary/aromatic N) is 1. The van der Waals surface area contributed by atoms with Crippen LogP contribution in [0, 0.1) is 0 Å². The molecule has 0 aromatic carbocycles. The molecule has 0 aliphatic carbocycles. The summed E-state index contributed by atoms with van der Waals surface area (Å²) in [6, 6.07) is 0. The quantitative estimate of drug-likeness (QED) is 0.843. The van der Waals surface area contributed by atoms with Gasteiger partial charge in [0.2, 0.25) is 0 Å². The van der Waals surface area contributed by atoms with E-state index in [9.17, 15) is 4.79 Å². The van der Waals surface area contributed by atoms with Gasteiger partial charge in [-0.1, -0.05) is 34.5 Å². The standard InChI is InChI=1S/C8H10Cl2N2O2S/c1-8(2,3)14-7(13)12-5-4(9)11-6(10)15-5/h1-3H3,(H,12,13). The molecule has 0 fully saturated rings. The van der Waals surface area contributed by atoms with Crippen LogP contribution in [0.3, 0.4) is 0 Å². The lowest BCUT2D eigenvalue weighted by Gasteiger charge is -2.19. The number of halogens is 2. The molecule has 0 spiro atoms. The molecule has 0 aliphatic heterocycles. The van der Waals surface area contributed by atoms with Gasteiger partial charge in [-0.05, 0) is 20.8 Å². The van der Waals surface area contributed by atoms with Gasteiger partial charge in [0.15, 0.2) is 9.62 Å². The second-order valence-electron chi connectivity index (χ2n) is 3.71. The molecule has 0 saturated carbocycles. The van der Waals surface area contributed by atoms with Crippen molar-refractivity contribution in [1.29, 1.82) is 0 Å². The third kappa shape index (κ3) is 4.24. The van der Waals surface area contributed by atoms with Crippen molar-refractivity contribution in [2.45, 2.75) is 26.4 Å². The summed E-state index contributed by atoms with van der Waals surface area (Å²) in [7, 11) is 0. The molecule has 0 aliphatic rings. The first-order chi connectivity index (χ1) is 6.78. The average Bonchev–Trinajstić information content (AvgIpc) is 2.25. The fourth-order valence-electron chi connectivity index (χ4n) is 0.750. The van der Waals surface area contributed by atoms with E-state index in [1.165, 1.54) is 0 Å². The van der Waals surface area contributed by atoms with Crippen molar-refractivity contribution in [3.8, 4) is 0 Å². The SMILES string of the molecule is CC(C)(C)OC(=O)Nc1sc(Cl)nc1Cl. The first-order valence-electron chi connectivity index (χ1n) is 4.10. The summed E-state index contributed by atoms with van der Waals surface area (Å²) in [6.07, 6.45) is -0.579. The minimum Gasteiger partial charge on any atom is -0.444 e. The molecular formula is C8H10Cl2N2O2S. The smallest absolute Gasteiger partial charge is 0.412 e. The van der Waals surface area contributed by atoms with Crippen LogP contribution in [0.1, 0.15) is 20.8 Å². The number of thiazole rings is 1. The average molecular weight is 269 g/mol. The molecule has 15 heavy (non-hydrogen) atoms. The fraction of sp³-hybridized carbons (Fsp3) is 0.500. The molecule has 0 unspecified atom stereocenters. The van der Waals surface area contributed by atoms with Crippen LogP contribution >= 0.6 is 34.5 Å². The van der Waals surface area contributed by atoms with Crippen LogP contribution < -0.4 is 5.32 Å². The number of carbonyl (C=O) groups excluding carboxylic acids is 1. The number of aromatic nitrogens is 1. The Morgan fingerprint density at radius 1 is 1.47 bits per heavy atom. The van der Waals surface area contributed by atoms with Gasteiger partial charge in [-0.25, -0.2) is 9.78 Å². The van der Waals surface area contributed by atoms with Crippen molar-refractivity contribution in [3.63, 3.8) is 0 Å². The van der Waals surface area contributed by atoms with Gasteiger partial charge in [-0.2, -0.15) is 0 Å². The Morgan fingerprint density at radius 3 is 2.47 bits per heavy atom. The zero-order chi connectivity index (χ0) is 11.6. The Bertz CT molecular complexity index is 373. The highest BCUT2D eigenvalue weighted by Gasteiger charge is 2.18. The van der Waals surface area contributed by atoms with E-state index in [0.717, 1.165) is 11.3 Å². The highest BCUT2D eigenvalue weighted by molar-refractivity contribution is 7.20. The van der Waals surface area contributed by atoms with Gasteiger partial charge in [0.25, 0.3) is 0 Å². The van der Waals surface area contributed by atoms with Gasteiger partial charge in [-0.15, -0.1) is 0 Å². The van der Waals surface area contributed by atoms with Crippen molar-refractivity contribution < 1.29 is 9.53 Å². The minimum atomic E-state index is -0.579. The molecule has 0 saturated heterocycles. The predicted molar refractivity (Wildman–Crippen MR) is 62.0 cm³/mol. The Kier molecular flexibility index (Phi) is 3.81. The molecule has 1 aromatic rings. The second kappa shape index (κ2) is 4.55. The van der Waals surface area contributed by atoms with Crippen molar-refractivity contribution in [2.24, 2.45) is 0 Å². The van der Waals surface area contributed by atoms with E-state index in [4.69, 9.17) is 27.9 Å². The summed E-state index contributed by atoms with van der Waals surface area (Å²) in [6.45, 7) is 5.31. The fourth-order valence-corrected chi connectivity index (χ4v) is 1.98. The molecule has 0 bridgehead atoms. The van der Waals surface area contributed by atoms with Gasteiger partial charge in [0.05, 0.1) is 0 Å². The number of ether oxygens (including phenoxy) is 1. The summed E-state index contributed by atoms with van der Waals surface area (Å²) in [5, 5.41) is 3.01. The van der Waals surface area contributed by atoms with Crippen LogP contribution in [0.25, 0.3) is 0 Å². The lowest BCUT2D eigenvalue weighted by Crippen LogP contribution is -2.27. The third-order valence-electron chi connectivity index (χ3n) is 1.17. The molecule has 7 heteroatoms. The van der Waals surface area contributed by atoms with Gasteiger partial charge in [-0.3, -0.25) is 5.32 Å². The number of anilines is 1. The molecule has 0 radical (unpaired) electrons. The van der Waals surface area contributed by atoms with Crippen molar-refractivity contribution in [3.05, 3.63) is 9.62 Å². The molecular weight excluding hydrogens is 259 g/mol. The Balaban J connectivity index is 2.63. The largest absolute Gasteiger partial charge is 0.444 e. The molecule has 1 rings (SSSR count). The van der Waals surface area contributed by atoms with Gasteiger partial charge >= 0.3 is 6.09 Å². The van der Waals surface area contributed by atoms with E-state index in [0.29, 0.717) is 5.00 Å². The molecule has 1 heterocycles. The van der Waals surface area contributed by atoms with Gasteiger partial charge in [0.1, 0.15) is 10.6 Å². The maximum Gasteiger partial charge on any atom is 0.412 e. The highest BCUT2D eigenvalue weighted by atomic mass is 35.5. The lowest BCUT2D eigenvalue weighted by molar-refractivity contribution is 0.0636. The predicted octanol–water partition coefficient (Wildman–Crippen LogP) is 3.80. The van der Waals surface area contributed by atoms with E-state index in [1.54, 1.807) is 20.8 Å². The van der Waals surface area contributed by atoms with Crippen molar-refractivity contribution in [2.75, 3.05) is 5.32 Å². The summed E-state index contributed by atoms with van der Waals surface area (Å²) in [5.74, 6) is 0. The monoisotopic (exact) mass is 268 g/mol. The van der Waals surface area contributed by atoms with Crippen LogP contribution in [0.15, 0.2) is 0 Å². The third-order valence-corrected chi connectivity index (χ3v) is 2.63. The van der Waals surface area contributed by atoms with E-state index >= 15 is 0 Å². The summed E-state index contributed by atoms with van der Waals surface area (Å²) in [5.41, 5.74) is -0.551. The van der Waals surface area contributed by atoms with Gasteiger partial charge in [0, 0.05) is 0 Å². The van der Waals surface area contributed by atoms with Crippen molar-refractivity contribution >= 4 is 45.6 Å². The van der Waals surface area contributed by atoms with E-state index in [1.807, 2.05) is 0 Å². The molecule has 1 N–H and O–H groups in total. The lowest BCUT2D eigenvalue weighted by atomic mass is 10.2. The first kappa shape index (κ1) is 12.5. The zero-order valence-corrected chi connectivity index (χ0v) is 10.8. The van der Waals surface area contributed by atoms with Crippen LogP contribution in [0.4, 0.5) is 9.80 Å². The Labute approximate surface area is 102 Å². The minimum absolute atomic E-state index is 0.163. The molecule has 1 aromatic heterocycles. The number of rotatable bonds is 1. The molecule has 1 amide bonds. The van der Waals surface area contributed by atoms with Crippen LogP contribution in [0.5, 0.6) is 0 Å². The summed E-state index contributed by atoms with van der Waals surface area (Å²) < 4.78 is 5.30. The maximum atomic E-state index is 11.3. The number of carbonyl (C=O) groups is 1. The van der Waals surface area contributed by atoms with E-state index < -0.39 is 11.7 Å². The first-order valence-corrected chi connectivity index (χ1v) is 5.67. The number of nitrogens with one attached hydrogen (secondary N) is 1. The van der Waals surface area contributed by atoms with E-state index in [-0.39, 0.29) is 9.62 Å². The summed E-state index contributed by atoms with van der Waals surface area (Å²) >= 11 is 12.4. The van der Waals surface area contributed by atoms with E-state index in [2.05, 4.69) is 10.3 Å². The summed E-state index contributed by atoms with van der Waals surface area (Å²) in [4.78, 5) is 15.1. The number of amides is 1. The number of hydrogen-bond donors (Lipinski definition) is 1. The molecule has 0 atom stereocenters. The van der Waals surface area contributed by atoms with Crippen molar-refractivity contribution in [1.82, 2.24) is 4.98 Å². The Morgan fingerprint density at radius 2 is 2.07 bits per heavy atom. The maximum absolute atomic E-state index is 11.3. The highest BCUT2D eigenvalue weighted by Crippen LogP contribution is 2.31. The van der Waals surface area contributed by atoms with Crippen LogP contribution in [-0.2, 0) is 4.74 Å².